The summed E-state index contributed by atoms with van der Waals surface area (Å²) in [6, 6.07) is 8.05. The van der Waals surface area contributed by atoms with Crippen molar-refractivity contribution >= 4 is 16.9 Å². The summed E-state index contributed by atoms with van der Waals surface area (Å²) in [5, 5.41) is 1.02. The molecule has 3 rings (SSSR count). The minimum Gasteiger partial charge on any atom is -0.451 e. The molecule has 1 aromatic carbocycles. The number of piperidine rings is 1. The molecular weight excluding hydrogens is 278 g/mol. The summed E-state index contributed by atoms with van der Waals surface area (Å²) in [5.74, 6) is 0.463. The van der Waals surface area contributed by atoms with Gasteiger partial charge in [-0.2, -0.15) is 0 Å². The fourth-order valence-electron chi connectivity index (χ4n) is 2.99. The Kier molecular flexibility index (Phi) is 4.18. The van der Waals surface area contributed by atoms with E-state index >= 15 is 0 Å². The normalized spacial score (nSPS) is 16.6. The van der Waals surface area contributed by atoms with Crippen molar-refractivity contribution < 1.29 is 9.21 Å². The first-order chi connectivity index (χ1) is 10.6. The van der Waals surface area contributed by atoms with Crippen molar-refractivity contribution in [1.82, 2.24) is 9.80 Å². The Balaban J connectivity index is 1.96. The zero-order valence-corrected chi connectivity index (χ0v) is 13.2. The summed E-state index contributed by atoms with van der Waals surface area (Å²) >= 11 is 0. The maximum absolute atomic E-state index is 12.9. The summed E-state index contributed by atoms with van der Waals surface area (Å²) < 4.78 is 5.89. The zero-order valence-electron chi connectivity index (χ0n) is 13.2. The first-order valence-electron chi connectivity index (χ1n) is 7.76. The average Bonchev–Trinajstić information content (AvgIpc) is 2.86. The lowest BCUT2D eigenvalue weighted by atomic mass is 10.0. The van der Waals surface area contributed by atoms with Gasteiger partial charge in [0.25, 0.3) is 5.91 Å². The van der Waals surface area contributed by atoms with Crippen molar-refractivity contribution in [3.63, 3.8) is 0 Å². The van der Waals surface area contributed by atoms with Crippen molar-refractivity contribution in [2.24, 2.45) is 5.73 Å². The third kappa shape index (κ3) is 2.87. The van der Waals surface area contributed by atoms with Crippen molar-refractivity contribution in [1.29, 1.82) is 0 Å². The Labute approximate surface area is 130 Å². The van der Waals surface area contributed by atoms with E-state index in [1.54, 1.807) is 0 Å². The van der Waals surface area contributed by atoms with Crippen LogP contribution in [0, 0.1) is 0 Å². The lowest BCUT2D eigenvalue weighted by Gasteiger charge is -2.29. The first kappa shape index (κ1) is 15.1. The number of para-hydroxylation sites is 1. The van der Waals surface area contributed by atoms with Crippen LogP contribution in [0.1, 0.15) is 29.0 Å². The highest BCUT2D eigenvalue weighted by Crippen LogP contribution is 2.28. The van der Waals surface area contributed by atoms with E-state index in [1.165, 1.54) is 0 Å². The molecule has 118 valence electrons. The number of benzene rings is 1. The molecule has 1 amide bonds. The van der Waals surface area contributed by atoms with Crippen LogP contribution in [0.2, 0.25) is 0 Å². The number of rotatable bonds is 3. The van der Waals surface area contributed by atoms with E-state index in [2.05, 4.69) is 4.90 Å². The van der Waals surface area contributed by atoms with E-state index in [1.807, 2.05) is 43.3 Å². The molecule has 0 atom stereocenters. The van der Waals surface area contributed by atoms with Gasteiger partial charge in [-0.1, -0.05) is 18.2 Å². The van der Waals surface area contributed by atoms with E-state index in [0.29, 0.717) is 25.4 Å². The summed E-state index contributed by atoms with van der Waals surface area (Å²) in [5.41, 5.74) is 7.67. The van der Waals surface area contributed by atoms with Crippen LogP contribution in [0.25, 0.3) is 11.0 Å². The number of nitrogens with two attached hydrogens (primary N) is 1. The van der Waals surface area contributed by atoms with Gasteiger partial charge in [0.1, 0.15) is 5.58 Å². The van der Waals surface area contributed by atoms with Gasteiger partial charge in [-0.25, -0.2) is 0 Å². The molecule has 0 aliphatic carbocycles. The minimum absolute atomic E-state index is 0.0139. The van der Waals surface area contributed by atoms with Gasteiger partial charge in [-0.3, -0.25) is 4.79 Å². The van der Waals surface area contributed by atoms with Gasteiger partial charge in [0.05, 0.1) is 0 Å². The maximum Gasteiger partial charge on any atom is 0.289 e. The number of carbonyl (C=O) groups is 1. The number of hydrogen-bond acceptors (Lipinski definition) is 4. The lowest BCUT2D eigenvalue weighted by Crippen LogP contribution is -2.43. The van der Waals surface area contributed by atoms with E-state index < -0.39 is 0 Å². The lowest BCUT2D eigenvalue weighted by molar-refractivity contribution is 0.0682. The van der Waals surface area contributed by atoms with Crippen LogP contribution in [0.3, 0.4) is 0 Å². The topological polar surface area (TPSA) is 62.7 Å². The third-order valence-electron chi connectivity index (χ3n) is 4.19. The van der Waals surface area contributed by atoms with E-state index in [4.69, 9.17) is 10.2 Å². The largest absolute Gasteiger partial charge is 0.451 e. The van der Waals surface area contributed by atoms with Crippen molar-refractivity contribution in [3.05, 3.63) is 35.6 Å². The molecule has 2 aromatic rings. The molecular formula is C17H23N3O2. The number of nitrogens with zero attached hydrogens (tertiary/aromatic N) is 2. The molecule has 1 aliphatic rings. The second kappa shape index (κ2) is 6.10. The molecule has 0 bridgehead atoms. The molecule has 1 aliphatic heterocycles. The van der Waals surface area contributed by atoms with Gasteiger partial charge in [-0.05, 0) is 33.0 Å². The van der Waals surface area contributed by atoms with Gasteiger partial charge in [0, 0.05) is 36.6 Å². The Morgan fingerprint density at radius 2 is 2.00 bits per heavy atom. The smallest absolute Gasteiger partial charge is 0.289 e. The van der Waals surface area contributed by atoms with Crippen LogP contribution < -0.4 is 5.73 Å². The summed E-state index contributed by atoms with van der Waals surface area (Å²) in [6.45, 7) is 2.10. The van der Waals surface area contributed by atoms with Crippen LogP contribution in [0.15, 0.2) is 28.7 Å². The molecule has 22 heavy (non-hydrogen) atoms. The van der Waals surface area contributed by atoms with Crippen molar-refractivity contribution in [2.45, 2.75) is 25.4 Å². The minimum atomic E-state index is -0.0139. The molecule has 1 fully saturated rings. The predicted octanol–water partition coefficient (Wildman–Crippen LogP) is 2.06. The second-order valence-electron chi connectivity index (χ2n) is 6.27. The molecule has 5 nitrogen and oxygen atoms in total. The monoisotopic (exact) mass is 301 g/mol. The molecule has 0 radical (unpaired) electrons. The first-order valence-corrected chi connectivity index (χ1v) is 7.76. The number of carbonyl (C=O) groups excluding carboxylic acids is 1. The summed E-state index contributed by atoms with van der Waals surface area (Å²) in [6.07, 6.45) is 1.71. The van der Waals surface area contributed by atoms with Crippen LogP contribution in [-0.4, -0.2) is 48.9 Å². The zero-order chi connectivity index (χ0) is 15.7. The highest BCUT2D eigenvalue weighted by molar-refractivity contribution is 5.99. The quantitative estimate of drug-likeness (QED) is 0.942. The second-order valence-corrected chi connectivity index (χ2v) is 6.27. The van der Waals surface area contributed by atoms with E-state index in [0.717, 1.165) is 29.4 Å². The Hall–Kier alpha value is -1.85. The molecule has 0 spiro atoms. The van der Waals surface area contributed by atoms with Crippen LogP contribution in [0.5, 0.6) is 0 Å². The van der Waals surface area contributed by atoms with Crippen LogP contribution in [0.4, 0.5) is 0 Å². The number of likely N-dealkylation sites (tertiary alicyclic amines) is 1. The molecule has 0 saturated carbocycles. The van der Waals surface area contributed by atoms with Crippen molar-refractivity contribution in [3.8, 4) is 0 Å². The standard InChI is InChI=1S/C17H23N3O2/c1-19(2)11-14-13-5-3-4-6-15(13)22-16(14)17(21)20-9-7-12(18)8-10-20/h3-6,12H,7-11,18H2,1-2H3. The number of fused-ring (bicyclic) bond motifs is 1. The van der Waals surface area contributed by atoms with Crippen LogP contribution >= 0.6 is 0 Å². The molecule has 5 heteroatoms. The highest BCUT2D eigenvalue weighted by atomic mass is 16.3. The van der Waals surface area contributed by atoms with Gasteiger partial charge in [0.15, 0.2) is 5.76 Å². The molecule has 0 unspecified atom stereocenters. The fraction of sp³-hybridized carbons (Fsp3) is 0.471. The Bertz CT molecular complexity index is 670. The number of amides is 1. The van der Waals surface area contributed by atoms with E-state index in [9.17, 15) is 4.79 Å². The molecule has 1 aromatic heterocycles. The van der Waals surface area contributed by atoms with Gasteiger partial charge >= 0.3 is 0 Å². The molecule has 1 saturated heterocycles. The highest BCUT2D eigenvalue weighted by Gasteiger charge is 2.27. The SMILES string of the molecule is CN(C)Cc1c(C(=O)N2CCC(N)CC2)oc2ccccc12. The Morgan fingerprint density at radius 1 is 1.32 bits per heavy atom. The van der Waals surface area contributed by atoms with Gasteiger partial charge < -0.3 is 20.0 Å². The van der Waals surface area contributed by atoms with Gasteiger partial charge in [-0.15, -0.1) is 0 Å². The van der Waals surface area contributed by atoms with Crippen LogP contribution in [-0.2, 0) is 6.54 Å². The number of hydrogen-bond donors (Lipinski definition) is 1. The maximum atomic E-state index is 12.9. The van der Waals surface area contributed by atoms with Crippen molar-refractivity contribution in [2.75, 3.05) is 27.2 Å². The molecule has 2 N–H and O–H groups in total. The Morgan fingerprint density at radius 3 is 2.68 bits per heavy atom. The summed E-state index contributed by atoms with van der Waals surface area (Å²) in [4.78, 5) is 16.8. The third-order valence-corrected chi connectivity index (χ3v) is 4.19. The number of furan rings is 1. The molecule has 2 heterocycles. The fourth-order valence-corrected chi connectivity index (χ4v) is 2.99. The summed E-state index contributed by atoms with van der Waals surface area (Å²) in [7, 11) is 3.99. The van der Waals surface area contributed by atoms with E-state index in [-0.39, 0.29) is 11.9 Å². The average molecular weight is 301 g/mol. The van der Waals surface area contributed by atoms with Gasteiger partial charge in [0.2, 0.25) is 0 Å². The predicted molar refractivity (Wildman–Crippen MR) is 86.7 cm³/mol.